The van der Waals surface area contributed by atoms with Gasteiger partial charge in [0.2, 0.25) is 17.6 Å². The standard InChI is InChI=1S/C25H30ClN5O2/c1-17(2)23(18-6-8-20(26)9-7-18)28-22(32)12-16-31-14-10-19(11-15-31)25-29-24(30-33-25)21-5-3-4-13-27-21/h3-9,13,17,19,23H,10-12,14-16H2,1-2H3,(H,28,32). The van der Waals surface area contributed by atoms with E-state index >= 15 is 0 Å². The number of carbonyl (C=O) groups excluding carboxylic acids is 1. The van der Waals surface area contributed by atoms with E-state index in [0.717, 1.165) is 38.0 Å². The Morgan fingerprint density at radius 3 is 2.61 bits per heavy atom. The monoisotopic (exact) mass is 467 g/mol. The van der Waals surface area contributed by atoms with Crippen molar-refractivity contribution < 1.29 is 9.32 Å². The Morgan fingerprint density at radius 1 is 1.18 bits per heavy atom. The average Bonchev–Trinajstić information content (AvgIpc) is 3.33. The second-order valence-electron chi connectivity index (χ2n) is 8.88. The van der Waals surface area contributed by atoms with Gasteiger partial charge in [-0.05, 0) is 61.7 Å². The van der Waals surface area contributed by atoms with E-state index in [1.165, 1.54) is 0 Å². The Morgan fingerprint density at radius 2 is 1.94 bits per heavy atom. The van der Waals surface area contributed by atoms with Crippen molar-refractivity contribution in [3.63, 3.8) is 0 Å². The Bertz CT molecular complexity index is 1030. The summed E-state index contributed by atoms with van der Waals surface area (Å²) in [6, 6.07) is 13.3. The van der Waals surface area contributed by atoms with Gasteiger partial charge in [0, 0.05) is 30.1 Å². The lowest BCUT2D eigenvalue weighted by Crippen LogP contribution is -2.38. The molecule has 1 fully saturated rings. The molecular formula is C25H30ClN5O2. The molecule has 7 nitrogen and oxygen atoms in total. The van der Waals surface area contributed by atoms with Gasteiger partial charge in [-0.15, -0.1) is 0 Å². The number of pyridine rings is 1. The molecule has 2 aromatic heterocycles. The Kier molecular flexibility index (Phi) is 7.73. The van der Waals surface area contributed by atoms with Crippen molar-refractivity contribution in [2.75, 3.05) is 19.6 Å². The molecule has 0 spiro atoms. The number of hydrogen-bond donors (Lipinski definition) is 1. The Labute approximate surface area is 199 Å². The number of aromatic nitrogens is 3. The lowest BCUT2D eigenvalue weighted by Gasteiger charge is -2.30. The Balaban J connectivity index is 1.24. The van der Waals surface area contributed by atoms with E-state index in [4.69, 9.17) is 16.1 Å². The molecule has 1 amide bonds. The molecule has 0 aliphatic carbocycles. The second kappa shape index (κ2) is 10.9. The van der Waals surface area contributed by atoms with Crippen LogP contribution in [0.1, 0.15) is 56.5 Å². The first-order valence-corrected chi connectivity index (χ1v) is 11.9. The average molecular weight is 468 g/mol. The maximum absolute atomic E-state index is 12.7. The highest BCUT2D eigenvalue weighted by Crippen LogP contribution is 2.28. The van der Waals surface area contributed by atoms with Crippen molar-refractivity contribution in [1.82, 2.24) is 25.3 Å². The first kappa shape index (κ1) is 23.4. The zero-order valence-corrected chi connectivity index (χ0v) is 19.8. The number of rotatable bonds is 8. The summed E-state index contributed by atoms with van der Waals surface area (Å²) in [6.07, 6.45) is 4.07. The molecule has 4 rings (SSSR count). The van der Waals surface area contributed by atoms with Gasteiger partial charge >= 0.3 is 0 Å². The molecule has 1 aromatic carbocycles. The van der Waals surface area contributed by atoms with Crippen LogP contribution in [0.2, 0.25) is 5.02 Å². The van der Waals surface area contributed by atoms with Crippen LogP contribution in [-0.2, 0) is 4.79 Å². The SMILES string of the molecule is CC(C)C(NC(=O)CCN1CCC(c2nc(-c3ccccn3)no2)CC1)c1ccc(Cl)cc1. The topological polar surface area (TPSA) is 84.2 Å². The van der Waals surface area contributed by atoms with Crippen molar-refractivity contribution >= 4 is 17.5 Å². The molecule has 3 heterocycles. The second-order valence-corrected chi connectivity index (χ2v) is 9.31. The molecule has 8 heteroatoms. The molecule has 0 bridgehead atoms. The third-order valence-corrected chi connectivity index (χ3v) is 6.39. The minimum absolute atomic E-state index is 0.0219. The van der Waals surface area contributed by atoms with E-state index in [2.05, 4.69) is 39.2 Å². The van der Waals surface area contributed by atoms with Crippen LogP contribution in [-0.4, -0.2) is 45.6 Å². The van der Waals surface area contributed by atoms with Gasteiger partial charge in [0.1, 0.15) is 5.69 Å². The van der Waals surface area contributed by atoms with E-state index in [0.29, 0.717) is 28.9 Å². The number of amides is 1. The van der Waals surface area contributed by atoms with Crippen LogP contribution < -0.4 is 5.32 Å². The molecule has 1 unspecified atom stereocenters. The highest BCUT2D eigenvalue weighted by molar-refractivity contribution is 6.30. The Hall–Kier alpha value is -2.77. The molecule has 174 valence electrons. The van der Waals surface area contributed by atoms with E-state index in [9.17, 15) is 4.79 Å². The quantitative estimate of drug-likeness (QED) is 0.509. The smallest absolute Gasteiger partial charge is 0.230 e. The number of hydrogen-bond acceptors (Lipinski definition) is 6. The summed E-state index contributed by atoms with van der Waals surface area (Å²) in [5.41, 5.74) is 1.79. The van der Waals surface area contributed by atoms with Crippen LogP contribution in [0.15, 0.2) is 53.2 Å². The highest BCUT2D eigenvalue weighted by Gasteiger charge is 2.26. The summed E-state index contributed by atoms with van der Waals surface area (Å²) >= 11 is 6.01. The third kappa shape index (κ3) is 6.18. The van der Waals surface area contributed by atoms with Crippen molar-refractivity contribution in [2.45, 2.75) is 45.1 Å². The summed E-state index contributed by atoms with van der Waals surface area (Å²) < 4.78 is 5.52. The maximum atomic E-state index is 12.7. The van der Waals surface area contributed by atoms with Gasteiger partial charge < -0.3 is 14.7 Å². The fourth-order valence-electron chi connectivity index (χ4n) is 4.21. The number of benzene rings is 1. The summed E-state index contributed by atoms with van der Waals surface area (Å²) in [4.78, 5) is 23.8. The number of nitrogens with zero attached hydrogens (tertiary/aromatic N) is 4. The molecule has 3 aromatic rings. The molecule has 1 atom stereocenters. The van der Waals surface area contributed by atoms with Gasteiger partial charge in [-0.3, -0.25) is 9.78 Å². The number of halogens is 1. The maximum Gasteiger partial charge on any atom is 0.230 e. The fourth-order valence-corrected chi connectivity index (χ4v) is 4.34. The summed E-state index contributed by atoms with van der Waals surface area (Å²) in [5, 5.41) is 7.98. The van der Waals surface area contributed by atoms with Gasteiger partial charge in [0.05, 0.1) is 6.04 Å². The highest BCUT2D eigenvalue weighted by atomic mass is 35.5. The molecule has 33 heavy (non-hydrogen) atoms. The van der Waals surface area contributed by atoms with E-state index < -0.39 is 0 Å². The van der Waals surface area contributed by atoms with Crippen LogP contribution in [0.5, 0.6) is 0 Å². The van der Waals surface area contributed by atoms with Gasteiger partial charge in [-0.2, -0.15) is 4.98 Å². The zero-order valence-electron chi connectivity index (χ0n) is 19.1. The molecule has 0 saturated carbocycles. The summed E-state index contributed by atoms with van der Waals surface area (Å²) in [6.45, 7) is 6.78. The lowest BCUT2D eigenvalue weighted by atomic mass is 9.95. The molecule has 1 aliphatic rings. The predicted octanol–water partition coefficient (Wildman–Crippen LogP) is 4.87. The van der Waals surface area contributed by atoms with Crippen LogP contribution in [0.4, 0.5) is 0 Å². The van der Waals surface area contributed by atoms with Crippen LogP contribution in [0.25, 0.3) is 11.5 Å². The third-order valence-electron chi connectivity index (χ3n) is 6.14. The molecule has 1 aliphatic heterocycles. The van der Waals surface area contributed by atoms with Gasteiger partial charge in [-0.25, -0.2) is 0 Å². The van der Waals surface area contributed by atoms with Crippen LogP contribution in [0.3, 0.4) is 0 Å². The summed E-state index contributed by atoms with van der Waals surface area (Å²) in [5.74, 6) is 1.81. The summed E-state index contributed by atoms with van der Waals surface area (Å²) in [7, 11) is 0. The van der Waals surface area contributed by atoms with Crippen LogP contribution in [0, 0.1) is 5.92 Å². The minimum atomic E-state index is -0.0219. The first-order chi connectivity index (χ1) is 16.0. The van der Waals surface area contributed by atoms with Gasteiger partial charge in [-0.1, -0.05) is 48.8 Å². The zero-order chi connectivity index (χ0) is 23.2. The molecular weight excluding hydrogens is 438 g/mol. The molecule has 1 N–H and O–H groups in total. The number of nitrogens with one attached hydrogen (secondary N) is 1. The minimum Gasteiger partial charge on any atom is -0.349 e. The van der Waals surface area contributed by atoms with E-state index in [1.807, 2.05) is 42.5 Å². The molecule has 1 saturated heterocycles. The number of piperidine rings is 1. The normalized spacial score (nSPS) is 16.1. The van der Waals surface area contributed by atoms with Gasteiger partial charge in [0.15, 0.2) is 0 Å². The van der Waals surface area contributed by atoms with Crippen LogP contribution >= 0.6 is 11.6 Å². The fraction of sp³-hybridized carbons (Fsp3) is 0.440. The number of likely N-dealkylation sites (tertiary alicyclic amines) is 1. The first-order valence-electron chi connectivity index (χ1n) is 11.5. The lowest BCUT2D eigenvalue weighted by molar-refractivity contribution is -0.122. The van der Waals surface area contributed by atoms with Crippen molar-refractivity contribution in [1.29, 1.82) is 0 Å². The van der Waals surface area contributed by atoms with E-state index in [1.54, 1.807) is 6.20 Å². The number of carbonyl (C=O) groups is 1. The van der Waals surface area contributed by atoms with Crippen molar-refractivity contribution in [3.8, 4) is 11.5 Å². The van der Waals surface area contributed by atoms with Crippen molar-refractivity contribution in [2.24, 2.45) is 5.92 Å². The largest absolute Gasteiger partial charge is 0.349 e. The van der Waals surface area contributed by atoms with E-state index in [-0.39, 0.29) is 23.8 Å². The molecule has 0 radical (unpaired) electrons. The predicted molar refractivity (Wildman–Crippen MR) is 128 cm³/mol. The van der Waals surface area contributed by atoms with Gasteiger partial charge in [0.25, 0.3) is 0 Å². The van der Waals surface area contributed by atoms with Crippen molar-refractivity contribution in [3.05, 3.63) is 65.1 Å².